The number of hydrogen-bond acceptors (Lipinski definition) is 4. The average molecular weight is 566 g/mol. The molecule has 206 valence electrons. The molecule has 4 aliphatic heterocycles. The zero-order chi connectivity index (χ0) is 29.1. The lowest BCUT2D eigenvalue weighted by molar-refractivity contribution is 0.462. The smallest absolute Gasteiger partial charge is 0.260 e. The molecule has 0 amide bonds. The summed E-state index contributed by atoms with van der Waals surface area (Å²) in [4.78, 5) is 0. The Morgan fingerprint density at radius 3 is 1.59 bits per heavy atom. The summed E-state index contributed by atoms with van der Waals surface area (Å²) in [6.45, 7) is 4.28. The van der Waals surface area contributed by atoms with Gasteiger partial charge in [0.2, 0.25) is 0 Å². The van der Waals surface area contributed by atoms with Crippen LogP contribution in [0.5, 0.6) is 46.0 Å². The molecule has 0 fully saturated rings. The van der Waals surface area contributed by atoms with Gasteiger partial charge in [0.05, 0.1) is 0 Å². The number of para-hydroxylation sites is 2. The molecule has 0 N–H and O–H groups in total. The molecule has 6 aromatic rings. The van der Waals surface area contributed by atoms with E-state index in [-0.39, 0.29) is 13.4 Å². The molecule has 0 bridgehead atoms. The van der Waals surface area contributed by atoms with Crippen molar-refractivity contribution in [2.45, 2.75) is 13.8 Å². The van der Waals surface area contributed by atoms with Crippen LogP contribution in [0.2, 0.25) is 0 Å². The van der Waals surface area contributed by atoms with E-state index in [1.165, 1.54) is 0 Å². The zero-order valence-electron chi connectivity index (χ0n) is 24.2. The Balaban J connectivity index is 1.10. The van der Waals surface area contributed by atoms with E-state index in [0.717, 1.165) is 101 Å². The van der Waals surface area contributed by atoms with Gasteiger partial charge < -0.3 is 18.9 Å². The molecule has 4 heterocycles. The van der Waals surface area contributed by atoms with Gasteiger partial charge in [0.15, 0.2) is 0 Å². The van der Waals surface area contributed by atoms with E-state index in [1.54, 1.807) is 0 Å². The van der Waals surface area contributed by atoms with Crippen LogP contribution in [0, 0.1) is 13.8 Å². The number of aryl methyl sites for hydroxylation is 2. The second-order valence-electron chi connectivity index (χ2n) is 12.2. The molecule has 0 aliphatic carbocycles. The Morgan fingerprint density at radius 2 is 0.932 bits per heavy atom. The summed E-state index contributed by atoms with van der Waals surface area (Å²) in [6, 6.07) is 38.2. The van der Waals surface area contributed by atoms with Crippen LogP contribution in [0.1, 0.15) is 11.1 Å². The molecule has 6 aromatic carbocycles. The maximum absolute atomic E-state index is 6.62. The number of benzene rings is 6. The van der Waals surface area contributed by atoms with E-state index < -0.39 is 0 Å². The summed E-state index contributed by atoms with van der Waals surface area (Å²) in [7, 11) is 0. The van der Waals surface area contributed by atoms with Crippen molar-refractivity contribution in [2.75, 3.05) is 0 Å². The molecular weight excluding hydrogens is 542 g/mol. The predicted molar refractivity (Wildman–Crippen MR) is 177 cm³/mol. The van der Waals surface area contributed by atoms with E-state index >= 15 is 0 Å². The minimum atomic E-state index is 0.0528. The van der Waals surface area contributed by atoms with Crippen LogP contribution in [0.25, 0.3) is 11.1 Å². The Kier molecular flexibility index (Phi) is 4.72. The van der Waals surface area contributed by atoms with Gasteiger partial charge in [-0.15, -0.1) is 0 Å². The van der Waals surface area contributed by atoms with Gasteiger partial charge in [-0.25, -0.2) is 0 Å². The highest BCUT2D eigenvalue weighted by Gasteiger charge is 2.42. The first-order valence-corrected chi connectivity index (χ1v) is 15.1. The summed E-state index contributed by atoms with van der Waals surface area (Å²) >= 11 is 0. The molecule has 0 radical (unpaired) electrons. The van der Waals surface area contributed by atoms with E-state index in [1.807, 2.05) is 12.1 Å². The fraction of sp³-hybridized carbons (Fsp3) is 0.0526. The Bertz CT molecular complexity index is 2240. The zero-order valence-corrected chi connectivity index (χ0v) is 24.2. The molecule has 0 saturated heterocycles. The normalized spacial score (nSPS) is 13.9. The Morgan fingerprint density at radius 1 is 0.409 bits per heavy atom. The summed E-state index contributed by atoms with van der Waals surface area (Å²) in [5.41, 5.74) is 11.2. The fourth-order valence-electron chi connectivity index (χ4n) is 7.50. The van der Waals surface area contributed by atoms with Crippen LogP contribution in [-0.2, 0) is 0 Å². The quantitative estimate of drug-likeness (QED) is 0.249. The van der Waals surface area contributed by atoms with E-state index in [2.05, 4.69) is 111 Å². The van der Waals surface area contributed by atoms with Crippen molar-refractivity contribution in [3.63, 3.8) is 0 Å². The highest BCUT2D eigenvalue weighted by Crippen LogP contribution is 2.39. The van der Waals surface area contributed by atoms with Gasteiger partial charge in [-0.2, -0.15) is 0 Å². The minimum Gasteiger partial charge on any atom is -0.458 e. The summed E-state index contributed by atoms with van der Waals surface area (Å²) in [5, 5.41) is 0. The van der Waals surface area contributed by atoms with E-state index in [0.29, 0.717) is 0 Å². The summed E-state index contributed by atoms with van der Waals surface area (Å²) in [5.74, 6) is 7.04. The lowest BCUT2D eigenvalue weighted by Gasteiger charge is -2.34. The van der Waals surface area contributed by atoms with Crippen LogP contribution < -0.4 is 51.7 Å². The molecule has 0 spiro atoms. The number of ether oxygens (including phenoxy) is 4. The standard InChI is InChI=1S/C38H24B2O4/c1-21-17-34-36-35(18-21)43-33-20-24(12-14-27(33)39(36)25-7-3-5-9-29(25)41-34)23-13-15-28-32(19-23)42-31-16-11-22(2)38-37(31)40(28)26-8-4-6-10-30(26)44-38/h3-20H,1-2H3. The van der Waals surface area contributed by atoms with E-state index in [4.69, 9.17) is 18.9 Å². The highest BCUT2D eigenvalue weighted by molar-refractivity contribution is 6.99. The fourth-order valence-corrected chi connectivity index (χ4v) is 7.50. The van der Waals surface area contributed by atoms with Gasteiger partial charge in [0.25, 0.3) is 13.4 Å². The predicted octanol–water partition coefficient (Wildman–Crippen LogP) is 5.43. The summed E-state index contributed by atoms with van der Waals surface area (Å²) in [6.07, 6.45) is 0. The van der Waals surface area contributed by atoms with Crippen molar-refractivity contribution in [2.24, 2.45) is 0 Å². The third kappa shape index (κ3) is 3.25. The molecular formula is C38H24B2O4. The third-order valence-corrected chi connectivity index (χ3v) is 9.49. The molecule has 0 atom stereocenters. The molecule has 10 rings (SSSR count). The maximum atomic E-state index is 6.62. The lowest BCUT2D eigenvalue weighted by Crippen LogP contribution is -2.57. The Labute approximate surface area is 256 Å². The summed E-state index contributed by atoms with van der Waals surface area (Å²) < 4.78 is 26.0. The molecule has 6 heteroatoms. The van der Waals surface area contributed by atoms with Crippen molar-refractivity contribution in [3.05, 3.63) is 120 Å². The van der Waals surface area contributed by atoms with Crippen LogP contribution in [0.15, 0.2) is 109 Å². The lowest BCUT2D eigenvalue weighted by atomic mass is 9.34. The first kappa shape index (κ1) is 24.1. The molecule has 0 saturated carbocycles. The largest absolute Gasteiger partial charge is 0.458 e. The van der Waals surface area contributed by atoms with Crippen molar-refractivity contribution >= 4 is 46.2 Å². The third-order valence-electron chi connectivity index (χ3n) is 9.49. The van der Waals surface area contributed by atoms with Crippen LogP contribution in [0.3, 0.4) is 0 Å². The monoisotopic (exact) mass is 566 g/mol. The van der Waals surface area contributed by atoms with Gasteiger partial charge in [-0.3, -0.25) is 0 Å². The van der Waals surface area contributed by atoms with Crippen LogP contribution in [0.4, 0.5) is 0 Å². The first-order valence-electron chi connectivity index (χ1n) is 15.1. The van der Waals surface area contributed by atoms with Crippen molar-refractivity contribution in [1.29, 1.82) is 0 Å². The van der Waals surface area contributed by atoms with Gasteiger partial charge in [0, 0.05) is 10.9 Å². The molecule has 4 nitrogen and oxygen atoms in total. The number of rotatable bonds is 1. The molecule has 4 aliphatic rings. The minimum absolute atomic E-state index is 0.0528. The van der Waals surface area contributed by atoms with E-state index in [9.17, 15) is 0 Å². The van der Waals surface area contributed by atoms with Crippen molar-refractivity contribution < 1.29 is 18.9 Å². The number of hydrogen-bond donors (Lipinski definition) is 0. The SMILES string of the molecule is Cc1cc2c3c(c1)Oc1cc(-c4ccc5c(c4)Oc4ccc(C)c6c4B5c4ccccc4O6)ccc1B3c1ccccc1O2. The second kappa shape index (κ2) is 8.61. The van der Waals surface area contributed by atoms with Gasteiger partial charge in [0.1, 0.15) is 46.0 Å². The Hall–Kier alpha value is -5.35. The molecule has 44 heavy (non-hydrogen) atoms. The first-order chi connectivity index (χ1) is 21.6. The van der Waals surface area contributed by atoms with Gasteiger partial charge >= 0.3 is 0 Å². The maximum Gasteiger partial charge on any atom is 0.260 e. The van der Waals surface area contributed by atoms with Crippen LogP contribution >= 0.6 is 0 Å². The second-order valence-corrected chi connectivity index (χ2v) is 12.2. The number of fused-ring (bicyclic) bond motifs is 8. The molecule has 0 unspecified atom stereocenters. The molecule has 0 aromatic heterocycles. The van der Waals surface area contributed by atoms with Crippen LogP contribution in [-0.4, -0.2) is 13.4 Å². The highest BCUT2D eigenvalue weighted by atomic mass is 16.5. The topological polar surface area (TPSA) is 36.9 Å². The van der Waals surface area contributed by atoms with Gasteiger partial charge in [-0.1, -0.05) is 66.7 Å². The van der Waals surface area contributed by atoms with Crippen molar-refractivity contribution in [3.8, 4) is 57.1 Å². The average Bonchev–Trinajstić information content (AvgIpc) is 3.05. The van der Waals surface area contributed by atoms with Gasteiger partial charge in [-0.05, 0) is 100 Å². The van der Waals surface area contributed by atoms with Crippen molar-refractivity contribution in [1.82, 2.24) is 0 Å².